The molecule has 2 aromatic rings. The van der Waals surface area contributed by atoms with Gasteiger partial charge in [0.25, 0.3) is 0 Å². The van der Waals surface area contributed by atoms with Crippen molar-refractivity contribution < 1.29 is 13.9 Å². The molecule has 4 nitrogen and oxygen atoms in total. The molecule has 28 heavy (non-hydrogen) atoms. The predicted octanol–water partition coefficient (Wildman–Crippen LogP) is 5.20. The van der Waals surface area contributed by atoms with Crippen molar-refractivity contribution in [2.24, 2.45) is 0 Å². The first-order valence-electron chi connectivity index (χ1n) is 9.45. The van der Waals surface area contributed by atoms with Gasteiger partial charge in [-0.25, -0.2) is 9.18 Å². The summed E-state index contributed by atoms with van der Waals surface area (Å²) >= 11 is 3.55. The van der Waals surface area contributed by atoms with Crippen LogP contribution in [-0.2, 0) is 11.8 Å². The smallest absolute Gasteiger partial charge is 0.314 e. The Hall–Kier alpha value is -2.08. The van der Waals surface area contributed by atoms with E-state index in [1.807, 2.05) is 6.07 Å². The highest BCUT2D eigenvalue weighted by Gasteiger charge is 2.15. The molecule has 0 aromatic heterocycles. The fourth-order valence-electron chi connectivity index (χ4n) is 2.61. The molecule has 2 N–H and O–H groups in total. The minimum absolute atomic E-state index is 0.0879. The van der Waals surface area contributed by atoms with Crippen LogP contribution in [0.25, 0.3) is 0 Å². The maximum absolute atomic E-state index is 13.5. The summed E-state index contributed by atoms with van der Waals surface area (Å²) in [7, 11) is 0. The van der Waals surface area contributed by atoms with Crippen LogP contribution >= 0.6 is 15.9 Å². The monoisotopic (exact) mass is 450 g/mol. The van der Waals surface area contributed by atoms with Gasteiger partial charge in [-0.05, 0) is 63.5 Å². The van der Waals surface area contributed by atoms with Gasteiger partial charge in [0.15, 0.2) is 0 Å². The first-order valence-corrected chi connectivity index (χ1v) is 10.2. The molecule has 2 amide bonds. The normalized spacial score (nSPS) is 11.2. The van der Waals surface area contributed by atoms with E-state index in [-0.39, 0.29) is 17.3 Å². The molecule has 0 saturated carbocycles. The number of rotatable bonds is 8. The summed E-state index contributed by atoms with van der Waals surface area (Å²) in [5, 5.41) is 5.51. The van der Waals surface area contributed by atoms with Gasteiger partial charge in [0.05, 0.1) is 11.1 Å². The lowest BCUT2D eigenvalue weighted by Crippen LogP contribution is -2.37. The summed E-state index contributed by atoms with van der Waals surface area (Å²) in [4.78, 5) is 11.8. The van der Waals surface area contributed by atoms with Crippen molar-refractivity contribution >= 4 is 22.0 Å². The molecule has 0 atom stereocenters. The van der Waals surface area contributed by atoms with Crippen LogP contribution in [0.1, 0.15) is 38.3 Å². The summed E-state index contributed by atoms with van der Waals surface area (Å²) < 4.78 is 20.2. The third kappa shape index (κ3) is 7.15. The number of hydrogen-bond acceptors (Lipinski definition) is 2. The predicted molar refractivity (Wildman–Crippen MR) is 114 cm³/mol. The highest BCUT2D eigenvalue weighted by Crippen LogP contribution is 2.31. The Morgan fingerprint density at radius 1 is 1.11 bits per heavy atom. The van der Waals surface area contributed by atoms with Gasteiger partial charge in [-0.3, -0.25) is 0 Å². The largest absolute Gasteiger partial charge is 0.492 e. The Bertz CT molecular complexity index is 790. The number of urea groups is 1. The molecule has 0 unspecified atom stereocenters. The van der Waals surface area contributed by atoms with E-state index in [1.54, 1.807) is 18.2 Å². The van der Waals surface area contributed by atoms with E-state index in [0.29, 0.717) is 38.1 Å². The number of nitrogens with one attached hydrogen (secondary N) is 2. The summed E-state index contributed by atoms with van der Waals surface area (Å²) in [6, 6.07) is 12.4. The Balaban J connectivity index is 1.62. The third-order valence-corrected chi connectivity index (χ3v) is 4.92. The van der Waals surface area contributed by atoms with Crippen LogP contribution in [0.15, 0.2) is 46.9 Å². The molecule has 0 radical (unpaired) electrons. The summed E-state index contributed by atoms with van der Waals surface area (Å²) in [6.07, 6.45) is 1.15. The Kier molecular flexibility index (Phi) is 8.30. The van der Waals surface area contributed by atoms with E-state index in [9.17, 15) is 9.18 Å². The summed E-state index contributed by atoms with van der Waals surface area (Å²) in [5.41, 5.74) is 1.92. The number of ether oxygens (including phenoxy) is 1. The Morgan fingerprint density at radius 2 is 1.82 bits per heavy atom. The van der Waals surface area contributed by atoms with Gasteiger partial charge in [-0.2, -0.15) is 0 Å². The van der Waals surface area contributed by atoms with Crippen LogP contribution in [0, 0.1) is 5.82 Å². The number of carbonyl (C=O) groups is 1. The van der Waals surface area contributed by atoms with Gasteiger partial charge in [0, 0.05) is 13.1 Å². The Labute approximate surface area is 175 Å². The van der Waals surface area contributed by atoms with Crippen molar-refractivity contribution in [2.75, 3.05) is 19.7 Å². The van der Waals surface area contributed by atoms with Gasteiger partial charge < -0.3 is 15.4 Å². The fraction of sp³-hybridized carbons (Fsp3) is 0.409. The van der Waals surface area contributed by atoms with E-state index < -0.39 is 0 Å². The number of benzene rings is 2. The van der Waals surface area contributed by atoms with Gasteiger partial charge in [-0.15, -0.1) is 0 Å². The molecule has 2 rings (SSSR count). The first-order chi connectivity index (χ1) is 13.3. The van der Waals surface area contributed by atoms with Crippen molar-refractivity contribution in [3.05, 3.63) is 63.9 Å². The van der Waals surface area contributed by atoms with E-state index in [4.69, 9.17) is 4.74 Å². The number of carbonyl (C=O) groups excluding carboxylic acids is 1. The van der Waals surface area contributed by atoms with Crippen LogP contribution in [0.2, 0.25) is 0 Å². The zero-order valence-corrected chi connectivity index (χ0v) is 18.2. The van der Waals surface area contributed by atoms with Gasteiger partial charge in [0.1, 0.15) is 11.6 Å². The molecule has 2 aromatic carbocycles. The molecule has 0 aliphatic heterocycles. The first kappa shape index (κ1) is 22.2. The van der Waals surface area contributed by atoms with Crippen LogP contribution in [-0.4, -0.2) is 25.7 Å². The van der Waals surface area contributed by atoms with Crippen molar-refractivity contribution in [1.29, 1.82) is 0 Å². The maximum atomic E-state index is 13.5. The van der Waals surface area contributed by atoms with Crippen molar-refractivity contribution in [2.45, 2.75) is 39.0 Å². The second-order valence-electron chi connectivity index (χ2n) is 7.62. The maximum Gasteiger partial charge on any atom is 0.314 e. The quantitative estimate of drug-likeness (QED) is 0.543. The fourth-order valence-corrected chi connectivity index (χ4v) is 3.11. The Morgan fingerprint density at radius 3 is 2.50 bits per heavy atom. The van der Waals surface area contributed by atoms with Crippen LogP contribution in [0.5, 0.6) is 5.75 Å². The second kappa shape index (κ2) is 10.5. The molecule has 152 valence electrons. The van der Waals surface area contributed by atoms with Gasteiger partial charge >= 0.3 is 6.03 Å². The molecule has 0 bridgehead atoms. The lowest BCUT2D eigenvalue weighted by atomic mass is 9.87. The average Bonchev–Trinajstić information content (AvgIpc) is 2.63. The molecule has 0 spiro atoms. The minimum atomic E-state index is -0.257. The molecule has 0 heterocycles. The van der Waals surface area contributed by atoms with Crippen LogP contribution in [0.4, 0.5) is 9.18 Å². The van der Waals surface area contributed by atoms with Crippen molar-refractivity contribution in [3.63, 3.8) is 0 Å². The topological polar surface area (TPSA) is 50.4 Å². The minimum Gasteiger partial charge on any atom is -0.492 e. The standard InChI is InChI=1S/C22H28BrFN2O2/c1-22(2,3)17-9-10-20(18(23)15-17)28-14-6-12-25-21(27)26-13-11-16-7-4-5-8-19(16)24/h4-5,7-10,15H,6,11-14H2,1-3H3,(H2,25,26,27). The van der Waals surface area contributed by atoms with E-state index >= 15 is 0 Å². The summed E-state index contributed by atoms with van der Waals surface area (Å²) in [5.74, 6) is 0.547. The zero-order valence-electron chi connectivity index (χ0n) is 16.6. The van der Waals surface area contributed by atoms with Gasteiger partial charge in [0.2, 0.25) is 0 Å². The summed E-state index contributed by atoms with van der Waals surface area (Å²) in [6.45, 7) is 7.90. The lowest BCUT2D eigenvalue weighted by molar-refractivity contribution is 0.239. The second-order valence-corrected chi connectivity index (χ2v) is 8.48. The van der Waals surface area contributed by atoms with E-state index in [0.717, 1.165) is 10.2 Å². The third-order valence-electron chi connectivity index (χ3n) is 4.30. The van der Waals surface area contributed by atoms with Crippen molar-refractivity contribution in [3.8, 4) is 5.75 Å². The van der Waals surface area contributed by atoms with E-state index in [2.05, 4.69) is 59.5 Å². The average molecular weight is 451 g/mol. The molecular weight excluding hydrogens is 423 g/mol. The molecule has 0 aliphatic rings. The van der Waals surface area contributed by atoms with Crippen LogP contribution in [0.3, 0.4) is 0 Å². The molecule has 0 saturated heterocycles. The number of hydrogen-bond donors (Lipinski definition) is 2. The lowest BCUT2D eigenvalue weighted by Gasteiger charge is -2.20. The molecular formula is C22H28BrFN2O2. The highest BCUT2D eigenvalue weighted by molar-refractivity contribution is 9.10. The highest BCUT2D eigenvalue weighted by atomic mass is 79.9. The SMILES string of the molecule is CC(C)(C)c1ccc(OCCCNC(=O)NCCc2ccccc2F)c(Br)c1. The molecule has 6 heteroatoms. The van der Waals surface area contributed by atoms with Crippen LogP contribution < -0.4 is 15.4 Å². The number of halogens is 2. The molecule has 0 fully saturated rings. The number of amides is 2. The van der Waals surface area contributed by atoms with Gasteiger partial charge in [-0.1, -0.05) is 45.0 Å². The zero-order chi connectivity index (χ0) is 20.6. The molecule has 0 aliphatic carbocycles. The van der Waals surface area contributed by atoms with Crippen molar-refractivity contribution in [1.82, 2.24) is 10.6 Å². The van der Waals surface area contributed by atoms with E-state index in [1.165, 1.54) is 11.6 Å².